The zero-order valence-electron chi connectivity index (χ0n) is 15.9. The molecule has 0 saturated carbocycles. The van der Waals surface area contributed by atoms with Gasteiger partial charge in [0.25, 0.3) is 5.91 Å². The van der Waals surface area contributed by atoms with Crippen LogP contribution >= 0.6 is 0 Å². The fourth-order valence-corrected chi connectivity index (χ4v) is 5.23. The molecule has 1 aromatic heterocycles. The maximum absolute atomic E-state index is 13.4. The number of nitrogens with one attached hydrogen (secondary N) is 1. The summed E-state index contributed by atoms with van der Waals surface area (Å²) in [5.41, 5.74) is 5.56. The van der Waals surface area contributed by atoms with Gasteiger partial charge < -0.3 is 9.88 Å². The first-order valence-corrected chi connectivity index (χ1v) is 9.88. The van der Waals surface area contributed by atoms with Crippen molar-refractivity contribution in [2.75, 3.05) is 6.54 Å². The molecular weight excluding hydrogens is 334 g/mol. The first-order valence-electron chi connectivity index (χ1n) is 9.88. The molecule has 1 saturated heterocycles. The molecule has 1 aliphatic carbocycles. The number of hydrogen-bond donors (Lipinski definition) is 1. The fraction of sp³-hybridized carbons (Fsp3) is 0.391. The summed E-state index contributed by atoms with van der Waals surface area (Å²) in [7, 11) is 0. The molecular formula is C23H25N3O. The lowest BCUT2D eigenvalue weighted by atomic mass is 9.64. The van der Waals surface area contributed by atoms with E-state index in [0.29, 0.717) is 5.92 Å². The Morgan fingerprint density at radius 3 is 2.96 bits per heavy atom. The minimum atomic E-state index is 0.0843. The number of carbonyl (C=O) groups is 1. The van der Waals surface area contributed by atoms with Gasteiger partial charge in [-0.2, -0.15) is 0 Å². The summed E-state index contributed by atoms with van der Waals surface area (Å²) in [6.07, 6.45) is 4.93. The van der Waals surface area contributed by atoms with Crippen molar-refractivity contribution in [3.8, 4) is 0 Å². The number of likely N-dealkylation sites (tertiary alicyclic amines) is 1. The van der Waals surface area contributed by atoms with Crippen molar-refractivity contribution < 1.29 is 4.79 Å². The molecule has 1 amide bonds. The highest BCUT2D eigenvalue weighted by Crippen LogP contribution is 2.48. The summed E-state index contributed by atoms with van der Waals surface area (Å²) in [5, 5.41) is 0. The van der Waals surface area contributed by atoms with Crippen LogP contribution in [0.1, 0.15) is 60.5 Å². The number of nitrogens with zero attached hydrogens (tertiary/aromatic N) is 2. The molecule has 4 heteroatoms. The number of H-pyrrole nitrogens is 1. The number of imidazole rings is 1. The number of aromatic nitrogens is 2. The SMILES string of the molecule is CC1(C)CC2C(CCCN2C(=O)c2ccc3nc[nH]c3c2)c2ccccc21. The van der Waals surface area contributed by atoms with Gasteiger partial charge in [0.2, 0.25) is 0 Å². The first-order chi connectivity index (χ1) is 13.0. The van der Waals surface area contributed by atoms with Crippen molar-refractivity contribution in [2.24, 2.45) is 0 Å². The Balaban J connectivity index is 1.53. The molecule has 0 radical (unpaired) electrons. The average molecular weight is 359 g/mol. The number of amides is 1. The van der Waals surface area contributed by atoms with Gasteiger partial charge in [0.1, 0.15) is 0 Å². The molecule has 2 atom stereocenters. The second-order valence-electron chi connectivity index (χ2n) is 8.62. The monoisotopic (exact) mass is 359 g/mol. The Hall–Kier alpha value is -2.62. The highest BCUT2D eigenvalue weighted by Gasteiger charge is 2.44. The Morgan fingerprint density at radius 2 is 2.07 bits per heavy atom. The number of hydrogen-bond acceptors (Lipinski definition) is 2. The Kier molecular flexibility index (Phi) is 3.64. The standard InChI is InChI=1S/C23H25N3O/c1-23(2)13-21-17(16-6-3-4-8-18(16)23)7-5-11-26(21)22(27)15-9-10-19-20(12-15)25-14-24-19/h3-4,6,8-10,12,14,17,21H,5,7,11,13H2,1-2H3,(H,24,25). The van der Waals surface area contributed by atoms with E-state index >= 15 is 0 Å². The second-order valence-corrected chi connectivity index (χ2v) is 8.62. The number of carbonyl (C=O) groups excluding carboxylic acids is 1. The molecule has 2 unspecified atom stereocenters. The van der Waals surface area contributed by atoms with E-state index in [0.717, 1.165) is 36.0 Å². The molecule has 0 spiro atoms. The molecule has 5 rings (SSSR count). The zero-order chi connectivity index (χ0) is 18.6. The smallest absolute Gasteiger partial charge is 0.254 e. The van der Waals surface area contributed by atoms with Gasteiger partial charge in [-0.3, -0.25) is 4.79 Å². The van der Waals surface area contributed by atoms with Gasteiger partial charge in [-0.05, 0) is 54.0 Å². The zero-order valence-corrected chi connectivity index (χ0v) is 15.9. The van der Waals surface area contributed by atoms with Crippen molar-refractivity contribution >= 4 is 16.9 Å². The molecule has 1 fully saturated rings. The van der Waals surface area contributed by atoms with Crippen LogP contribution in [0.2, 0.25) is 0 Å². The van der Waals surface area contributed by atoms with Crippen LogP contribution < -0.4 is 0 Å². The van der Waals surface area contributed by atoms with E-state index in [9.17, 15) is 4.79 Å². The third-order valence-electron chi connectivity index (χ3n) is 6.52. The van der Waals surface area contributed by atoms with Gasteiger partial charge in [0, 0.05) is 24.1 Å². The predicted molar refractivity (Wildman–Crippen MR) is 107 cm³/mol. The third-order valence-corrected chi connectivity index (χ3v) is 6.52. The van der Waals surface area contributed by atoms with E-state index in [1.165, 1.54) is 17.5 Å². The highest BCUT2D eigenvalue weighted by atomic mass is 16.2. The van der Waals surface area contributed by atoms with Crippen molar-refractivity contribution in [3.63, 3.8) is 0 Å². The molecule has 3 aromatic rings. The van der Waals surface area contributed by atoms with Crippen molar-refractivity contribution in [1.29, 1.82) is 0 Å². The van der Waals surface area contributed by atoms with Gasteiger partial charge in [0.05, 0.1) is 17.4 Å². The lowest BCUT2D eigenvalue weighted by Crippen LogP contribution is -2.52. The summed E-state index contributed by atoms with van der Waals surface area (Å²) in [4.78, 5) is 23.0. The van der Waals surface area contributed by atoms with Crippen molar-refractivity contribution in [1.82, 2.24) is 14.9 Å². The Morgan fingerprint density at radius 1 is 1.22 bits per heavy atom. The van der Waals surface area contributed by atoms with Crippen LogP contribution in [0.15, 0.2) is 48.8 Å². The minimum absolute atomic E-state index is 0.0843. The van der Waals surface area contributed by atoms with E-state index in [-0.39, 0.29) is 17.4 Å². The lowest BCUT2D eigenvalue weighted by Gasteiger charge is -2.50. The number of fused-ring (bicyclic) bond motifs is 4. The molecule has 27 heavy (non-hydrogen) atoms. The van der Waals surface area contributed by atoms with Crippen LogP contribution in [-0.2, 0) is 5.41 Å². The lowest BCUT2D eigenvalue weighted by molar-refractivity contribution is 0.0497. The van der Waals surface area contributed by atoms with Crippen molar-refractivity contribution in [2.45, 2.75) is 50.5 Å². The van der Waals surface area contributed by atoms with E-state index in [4.69, 9.17) is 0 Å². The molecule has 0 bridgehead atoms. The maximum atomic E-state index is 13.4. The van der Waals surface area contributed by atoms with Gasteiger partial charge in [-0.25, -0.2) is 4.98 Å². The van der Waals surface area contributed by atoms with Gasteiger partial charge in [-0.1, -0.05) is 38.1 Å². The Bertz CT molecular complexity index is 1020. The molecule has 1 aliphatic heterocycles. The fourth-order valence-electron chi connectivity index (χ4n) is 5.23. The Labute approximate surface area is 159 Å². The van der Waals surface area contributed by atoms with Crippen LogP contribution in [0.3, 0.4) is 0 Å². The summed E-state index contributed by atoms with van der Waals surface area (Å²) >= 11 is 0. The van der Waals surface area contributed by atoms with Crippen LogP contribution in [0.4, 0.5) is 0 Å². The number of rotatable bonds is 1. The molecule has 2 aromatic carbocycles. The van der Waals surface area contributed by atoms with Gasteiger partial charge >= 0.3 is 0 Å². The van der Waals surface area contributed by atoms with Gasteiger partial charge in [0.15, 0.2) is 0 Å². The average Bonchev–Trinajstić information content (AvgIpc) is 3.15. The normalized spacial score (nSPS) is 23.7. The summed E-state index contributed by atoms with van der Waals surface area (Å²) in [6, 6.07) is 14.9. The van der Waals surface area contributed by atoms with Crippen LogP contribution in [0.25, 0.3) is 11.0 Å². The highest BCUT2D eigenvalue weighted by molar-refractivity contribution is 5.97. The molecule has 1 N–H and O–H groups in total. The molecule has 138 valence electrons. The minimum Gasteiger partial charge on any atom is -0.345 e. The van der Waals surface area contributed by atoms with Crippen LogP contribution in [0, 0.1) is 0 Å². The quantitative estimate of drug-likeness (QED) is 0.688. The molecule has 4 nitrogen and oxygen atoms in total. The summed E-state index contributed by atoms with van der Waals surface area (Å²) in [6.45, 7) is 5.48. The van der Waals surface area contributed by atoms with Crippen LogP contribution in [-0.4, -0.2) is 33.4 Å². The van der Waals surface area contributed by atoms with E-state index in [2.05, 4.69) is 53.0 Å². The van der Waals surface area contributed by atoms with E-state index < -0.39 is 0 Å². The van der Waals surface area contributed by atoms with E-state index in [1.807, 2.05) is 18.2 Å². The topological polar surface area (TPSA) is 49.0 Å². The second kappa shape index (κ2) is 5.95. The summed E-state index contributed by atoms with van der Waals surface area (Å²) < 4.78 is 0. The summed E-state index contributed by atoms with van der Waals surface area (Å²) in [5.74, 6) is 0.596. The molecule has 2 heterocycles. The largest absolute Gasteiger partial charge is 0.345 e. The number of benzene rings is 2. The van der Waals surface area contributed by atoms with Crippen LogP contribution in [0.5, 0.6) is 0 Å². The number of aromatic amines is 1. The third kappa shape index (κ3) is 2.58. The number of piperidine rings is 1. The first kappa shape index (κ1) is 16.5. The van der Waals surface area contributed by atoms with E-state index in [1.54, 1.807) is 6.33 Å². The van der Waals surface area contributed by atoms with Crippen molar-refractivity contribution in [3.05, 3.63) is 65.5 Å². The molecule has 2 aliphatic rings. The maximum Gasteiger partial charge on any atom is 0.254 e. The van der Waals surface area contributed by atoms with Gasteiger partial charge in [-0.15, -0.1) is 0 Å². The predicted octanol–water partition coefficient (Wildman–Crippen LogP) is 4.63.